The molecule has 0 saturated heterocycles. The van der Waals surface area contributed by atoms with Crippen molar-refractivity contribution in [2.45, 2.75) is 36.6 Å². The summed E-state index contributed by atoms with van der Waals surface area (Å²) in [5, 5.41) is 0. The van der Waals surface area contributed by atoms with Gasteiger partial charge in [0, 0.05) is 24.1 Å². The van der Waals surface area contributed by atoms with Gasteiger partial charge in [0.25, 0.3) is 5.91 Å². The molecule has 1 aromatic heterocycles. The number of nitrogens with zero attached hydrogens (tertiary/aromatic N) is 2. The normalized spacial score (nSPS) is 23.7. The van der Waals surface area contributed by atoms with Crippen molar-refractivity contribution in [3.63, 3.8) is 0 Å². The van der Waals surface area contributed by atoms with Crippen molar-refractivity contribution in [2.24, 2.45) is 0 Å². The second kappa shape index (κ2) is 5.78. The van der Waals surface area contributed by atoms with E-state index in [1.807, 2.05) is 0 Å². The molecule has 1 aliphatic rings. The van der Waals surface area contributed by atoms with E-state index in [4.69, 9.17) is 0 Å². The number of rotatable bonds is 2. The lowest BCUT2D eigenvalue weighted by Crippen LogP contribution is -2.44. The topological polar surface area (TPSA) is 33.2 Å². The molecule has 1 aliphatic carbocycles. The van der Waals surface area contributed by atoms with Gasteiger partial charge in [-0.25, -0.2) is 4.39 Å². The highest BCUT2D eigenvalue weighted by atomic mass is 79.9. The number of carbonyl (C=O) groups is 1. The van der Waals surface area contributed by atoms with E-state index in [9.17, 15) is 9.18 Å². The lowest BCUT2D eigenvalue weighted by molar-refractivity contribution is 0.0704. The number of hydrogen-bond donors (Lipinski definition) is 0. The van der Waals surface area contributed by atoms with Crippen LogP contribution in [-0.4, -0.2) is 33.7 Å². The zero-order valence-corrected chi connectivity index (χ0v) is 11.9. The Labute approximate surface area is 115 Å². The summed E-state index contributed by atoms with van der Waals surface area (Å²) < 4.78 is 13.1. The van der Waals surface area contributed by atoms with E-state index in [1.54, 1.807) is 11.9 Å². The van der Waals surface area contributed by atoms with Crippen LogP contribution in [0.4, 0.5) is 4.39 Å². The van der Waals surface area contributed by atoms with Crippen LogP contribution in [0.5, 0.6) is 0 Å². The molecule has 0 bridgehead atoms. The third kappa shape index (κ3) is 2.88. The maximum Gasteiger partial charge on any atom is 0.255 e. The Morgan fingerprint density at radius 3 is 2.83 bits per heavy atom. The third-order valence-electron chi connectivity index (χ3n) is 3.42. The molecular formula is C13H16BrFN2O. The highest BCUT2D eigenvalue weighted by Gasteiger charge is 2.29. The maximum absolute atomic E-state index is 13.1. The van der Waals surface area contributed by atoms with E-state index < -0.39 is 5.82 Å². The Hall–Kier alpha value is -0.970. The maximum atomic E-state index is 13.1. The Morgan fingerprint density at radius 2 is 2.17 bits per heavy atom. The summed E-state index contributed by atoms with van der Waals surface area (Å²) in [6, 6.07) is 1.41. The molecule has 18 heavy (non-hydrogen) atoms. The van der Waals surface area contributed by atoms with Gasteiger partial charge in [0.1, 0.15) is 5.82 Å². The largest absolute Gasteiger partial charge is 0.338 e. The second-order valence-corrected chi connectivity index (χ2v) is 5.85. The number of aromatic nitrogens is 1. The molecule has 0 spiro atoms. The van der Waals surface area contributed by atoms with E-state index >= 15 is 0 Å². The molecule has 0 radical (unpaired) electrons. The van der Waals surface area contributed by atoms with Crippen molar-refractivity contribution in [2.75, 3.05) is 7.05 Å². The minimum absolute atomic E-state index is 0.168. The minimum atomic E-state index is -0.478. The number of alkyl halides is 1. The minimum Gasteiger partial charge on any atom is -0.338 e. The van der Waals surface area contributed by atoms with Gasteiger partial charge in [-0.3, -0.25) is 9.78 Å². The fraction of sp³-hybridized carbons (Fsp3) is 0.538. The Bertz CT molecular complexity index is 441. The van der Waals surface area contributed by atoms with E-state index in [0.29, 0.717) is 10.4 Å². The van der Waals surface area contributed by atoms with Crippen molar-refractivity contribution in [1.29, 1.82) is 0 Å². The molecule has 2 rings (SSSR count). The van der Waals surface area contributed by atoms with Gasteiger partial charge in [-0.2, -0.15) is 0 Å². The molecule has 1 saturated carbocycles. The van der Waals surface area contributed by atoms with Crippen molar-refractivity contribution >= 4 is 21.8 Å². The summed E-state index contributed by atoms with van der Waals surface area (Å²) in [4.78, 5) is 18.0. The molecule has 2 unspecified atom stereocenters. The first-order valence-corrected chi connectivity index (χ1v) is 7.03. The molecule has 98 valence electrons. The zero-order valence-electron chi connectivity index (χ0n) is 10.3. The fourth-order valence-corrected chi connectivity index (χ4v) is 3.33. The smallest absolute Gasteiger partial charge is 0.255 e. The molecule has 0 aliphatic heterocycles. The standard InChI is InChI=1S/C13H16BrFN2O/c1-17(12-5-3-2-4-11(12)14)13(18)9-6-10(15)8-16-7-9/h6-8,11-12H,2-5H2,1H3. The molecule has 1 heterocycles. The Morgan fingerprint density at radius 1 is 1.44 bits per heavy atom. The van der Waals surface area contributed by atoms with Gasteiger partial charge in [-0.1, -0.05) is 28.8 Å². The van der Waals surface area contributed by atoms with Crippen LogP contribution in [0, 0.1) is 5.82 Å². The highest BCUT2D eigenvalue weighted by Crippen LogP contribution is 2.28. The fourth-order valence-electron chi connectivity index (χ4n) is 2.39. The van der Waals surface area contributed by atoms with Gasteiger partial charge >= 0.3 is 0 Å². The van der Waals surface area contributed by atoms with Crippen LogP contribution in [0.2, 0.25) is 0 Å². The molecule has 1 fully saturated rings. The van der Waals surface area contributed by atoms with Crippen LogP contribution >= 0.6 is 15.9 Å². The summed E-state index contributed by atoms with van der Waals surface area (Å²) in [6.07, 6.45) is 6.89. The highest BCUT2D eigenvalue weighted by molar-refractivity contribution is 9.09. The number of hydrogen-bond acceptors (Lipinski definition) is 2. The number of pyridine rings is 1. The van der Waals surface area contributed by atoms with E-state index in [-0.39, 0.29) is 11.9 Å². The number of carbonyl (C=O) groups excluding carboxylic acids is 1. The second-order valence-electron chi connectivity index (χ2n) is 4.68. The van der Waals surface area contributed by atoms with E-state index in [2.05, 4.69) is 20.9 Å². The van der Waals surface area contributed by atoms with Gasteiger partial charge in [0.15, 0.2) is 0 Å². The summed E-state index contributed by atoms with van der Waals surface area (Å²) in [6.45, 7) is 0. The molecule has 5 heteroatoms. The van der Waals surface area contributed by atoms with Gasteiger partial charge in [-0.15, -0.1) is 0 Å². The van der Waals surface area contributed by atoms with Gasteiger partial charge < -0.3 is 4.90 Å². The Kier molecular flexibility index (Phi) is 4.32. The van der Waals surface area contributed by atoms with E-state index in [1.165, 1.54) is 18.7 Å². The molecule has 3 nitrogen and oxygen atoms in total. The zero-order chi connectivity index (χ0) is 13.1. The first-order valence-electron chi connectivity index (χ1n) is 6.11. The number of halogens is 2. The van der Waals surface area contributed by atoms with Crippen molar-refractivity contribution in [3.8, 4) is 0 Å². The van der Waals surface area contributed by atoms with Crippen LogP contribution in [0.15, 0.2) is 18.5 Å². The van der Waals surface area contributed by atoms with Crippen LogP contribution in [0.3, 0.4) is 0 Å². The molecule has 0 N–H and O–H groups in total. The average Bonchev–Trinajstić information content (AvgIpc) is 2.37. The number of amides is 1. The third-order valence-corrected chi connectivity index (χ3v) is 4.49. The summed E-state index contributed by atoms with van der Waals surface area (Å²) in [5.74, 6) is -0.647. The monoisotopic (exact) mass is 314 g/mol. The molecule has 1 aromatic rings. The molecular weight excluding hydrogens is 299 g/mol. The van der Waals surface area contributed by atoms with Crippen LogP contribution in [0.1, 0.15) is 36.0 Å². The van der Waals surface area contributed by atoms with Gasteiger partial charge in [-0.05, 0) is 18.9 Å². The van der Waals surface area contributed by atoms with Gasteiger partial charge in [0.05, 0.1) is 11.8 Å². The van der Waals surface area contributed by atoms with Crippen molar-refractivity contribution < 1.29 is 9.18 Å². The predicted molar refractivity (Wildman–Crippen MR) is 71.3 cm³/mol. The van der Waals surface area contributed by atoms with Crippen LogP contribution < -0.4 is 0 Å². The summed E-state index contributed by atoms with van der Waals surface area (Å²) in [7, 11) is 1.78. The summed E-state index contributed by atoms with van der Waals surface area (Å²) >= 11 is 3.63. The Balaban J connectivity index is 2.13. The van der Waals surface area contributed by atoms with Crippen LogP contribution in [0.25, 0.3) is 0 Å². The SMILES string of the molecule is CN(C(=O)c1cncc(F)c1)C1CCCCC1Br. The molecule has 2 atom stereocenters. The first-order chi connectivity index (χ1) is 8.59. The summed E-state index contributed by atoms with van der Waals surface area (Å²) in [5.41, 5.74) is 0.308. The lowest BCUT2D eigenvalue weighted by atomic mass is 9.94. The predicted octanol–water partition coefficient (Wildman–Crippen LogP) is 3.00. The average molecular weight is 315 g/mol. The van der Waals surface area contributed by atoms with Crippen molar-refractivity contribution in [1.82, 2.24) is 9.88 Å². The van der Waals surface area contributed by atoms with Crippen molar-refractivity contribution in [3.05, 3.63) is 29.8 Å². The van der Waals surface area contributed by atoms with Gasteiger partial charge in [0.2, 0.25) is 0 Å². The van der Waals surface area contributed by atoms with E-state index in [0.717, 1.165) is 25.5 Å². The first kappa shape index (κ1) is 13.5. The van der Waals surface area contributed by atoms with Crippen LogP contribution in [-0.2, 0) is 0 Å². The molecule has 0 aromatic carbocycles. The lowest BCUT2D eigenvalue weighted by Gasteiger charge is -2.35. The molecule has 1 amide bonds. The quantitative estimate of drug-likeness (QED) is 0.786.